The third kappa shape index (κ3) is 2.81. The molecular weight excluding hydrogens is 228 g/mol. The van der Waals surface area contributed by atoms with Gasteiger partial charge in [-0.05, 0) is 12.1 Å². The number of para-hydroxylation sites is 1. The number of carbonyl (C=O) groups excluding carboxylic acids is 1. The smallest absolute Gasteiger partial charge is 0.230 e. The van der Waals surface area contributed by atoms with Crippen LogP contribution in [-0.4, -0.2) is 16.8 Å². The largest absolute Gasteiger partial charge is 0.290 e. The highest BCUT2D eigenvalue weighted by Crippen LogP contribution is 2.11. The molecule has 2 N–H and O–H groups in total. The summed E-state index contributed by atoms with van der Waals surface area (Å²) in [5, 5.41) is 9.02. The summed E-state index contributed by atoms with van der Waals surface area (Å²) >= 11 is 0. The van der Waals surface area contributed by atoms with Crippen LogP contribution in [-0.2, 0) is 0 Å². The van der Waals surface area contributed by atoms with Gasteiger partial charge in [0.25, 0.3) is 0 Å². The van der Waals surface area contributed by atoms with E-state index in [-0.39, 0.29) is 11.6 Å². The summed E-state index contributed by atoms with van der Waals surface area (Å²) in [6.45, 7) is 0. The molecule has 2 aromatic carbocycles. The predicted octanol–water partition coefficient (Wildman–Crippen LogP) is 2.58. The summed E-state index contributed by atoms with van der Waals surface area (Å²) in [5.41, 5.74) is 2.91. The van der Waals surface area contributed by atoms with E-state index in [0.717, 1.165) is 0 Å². The molecule has 0 aliphatic heterocycles. The highest BCUT2D eigenvalue weighted by Gasteiger charge is 2.12. The number of Topliss-reactive ketones (excluding diaryl/α,β-unsaturated/α-hetero) is 1. The minimum atomic E-state index is -0.359. The molecule has 0 amide bonds. The molecule has 0 spiro atoms. The van der Waals surface area contributed by atoms with Crippen molar-refractivity contribution in [3.63, 3.8) is 0 Å². The van der Waals surface area contributed by atoms with E-state index < -0.39 is 0 Å². The standard InChI is InChI=1S/C14H12N2O2/c17-13(11-7-3-1-4-8-11)14(16-18)15-12-9-5-2-6-10-12/h1-10,18H,(H,15,16). The van der Waals surface area contributed by atoms with Crippen LogP contribution in [0.2, 0.25) is 0 Å². The molecule has 0 heterocycles. The predicted molar refractivity (Wildman–Crippen MR) is 69.2 cm³/mol. The number of aliphatic imine (C=N–C) groups is 1. The zero-order valence-corrected chi connectivity index (χ0v) is 9.58. The molecule has 0 saturated carbocycles. The average molecular weight is 240 g/mol. The van der Waals surface area contributed by atoms with Gasteiger partial charge in [-0.2, -0.15) is 0 Å². The number of nitrogens with zero attached hydrogens (tertiary/aromatic N) is 1. The number of benzene rings is 2. The van der Waals surface area contributed by atoms with Gasteiger partial charge in [0.2, 0.25) is 5.78 Å². The number of hydroxylamine groups is 1. The van der Waals surface area contributed by atoms with Crippen molar-refractivity contribution < 1.29 is 10.0 Å². The van der Waals surface area contributed by atoms with E-state index in [4.69, 9.17) is 5.21 Å². The van der Waals surface area contributed by atoms with Crippen molar-refractivity contribution in [3.8, 4) is 0 Å². The number of nitrogens with one attached hydrogen (secondary N) is 1. The minimum Gasteiger partial charge on any atom is -0.290 e. The monoisotopic (exact) mass is 240 g/mol. The van der Waals surface area contributed by atoms with Gasteiger partial charge in [0, 0.05) is 5.56 Å². The van der Waals surface area contributed by atoms with Gasteiger partial charge in [-0.15, -0.1) is 0 Å². The maximum absolute atomic E-state index is 12.0. The van der Waals surface area contributed by atoms with E-state index in [1.54, 1.807) is 48.5 Å². The van der Waals surface area contributed by atoms with Crippen molar-refractivity contribution >= 4 is 17.3 Å². The topological polar surface area (TPSA) is 61.7 Å². The molecule has 0 radical (unpaired) electrons. The molecule has 0 bridgehead atoms. The molecule has 2 rings (SSSR count). The Morgan fingerprint density at radius 3 is 2.06 bits per heavy atom. The zero-order chi connectivity index (χ0) is 12.8. The lowest BCUT2D eigenvalue weighted by molar-refractivity contribution is 0.104. The van der Waals surface area contributed by atoms with E-state index in [1.165, 1.54) is 0 Å². The van der Waals surface area contributed by atoms with Crippen molar-refractivity contribution in [2.75, 3.05) is 0 Å². The van der Waals surface area contributed by atoms with Crippen molar-refractivity contribution in [1.82, 2.24) is 5.48 Å². The maximum Gasteiger partial charge on any atom is 0.230 e. The van der Waals surface area contributed by atoms with Crippen molar-refractivity contribution in [2.24, 2.45) is 4.99 Å². The molecule has 18 heavy (non-hydrogen) atoms. The number of carbonyl (C=O) groups is 1. The van der Waals surface area contributed by atoms with Crippen LogP contribution in [0.5, 0.6) is 0 Å². The SMILES string of the molecule is O=C(C(=Nc1ccccc1)NO)c1ccccc1. The minimum absolute atomic E-state index is 0.104. The van der Waals surface area contributed by atoms with Crippen molar-refractivity contribution in [1.29, 1.82) is 0 Å². The molecule has 0 aromatic heterocycles. The molecule has 0 atom stereocenters. The summed E-state index contributed by atoms with van der Waals surface area (Å²) in [6.07, 6.45) is 0. The van der Waals surface area contributed by atoms with Crippen molar-refractivity contribution in [3.05, 3.63) is 66.2 Å². The third-order valence-corrected chi connectivity index (χ3v) is 2.35. The summed E-state index contributed by atoms with van der Waals surface area (Å²) in [7, 11) is 0. The highest BCUT2D eigenvalue weighted by atomic mass is 16.5. The Bertz CT molecular complexity index is 551. The van der Waals surface area contributed by atoms with Crippen LogP contribution in [0.1, 0.15) is 10.4 Å². The van der Waals surface area contributed by atoms with Crippen LogP contribution in [0.3, 0.4) is 0 Å². The van der Waals surface area contributed by atoms with Gasteiger partial charge in [0.1, 0.15) is 0 Å². The quantitative estimate of drug-likeness (QED) is 0.375. The Balaban J connectivity index is 2.30. The van der Waals surface area contributed by atoms with Gasteiger partial charge in [0.05, 0.1) is 5.69 Å². The number of hydrogen-bond acceptors (Lipinski definition) is 3. The summed E-state index contributed by atoms with van der Waals surface area (Å²) in [6, 6.07) is 17.6. The first-order valence-electron chi connectivity index (χ1n) is 5.45. The van der Waals surface area contributed by atoms with E-state index in [2.05, 4.69) is 4.99 Å². The molecule has 4 nitrogen and oxygen atoms in total. The number of hydrogen-bond donors (Lipinski definition) is 2. The maximum atomic E-state index is 12.0. The van der Waals surface area contributed by atoms with Crippen LogP contribution >= 0.6 is 0 Å². The Kier molecular flexibility index (Phi) is 3.83. The number of amidine groups is 1. The lowest BCUT2D eigenvalue weighted by Crippen LogP contribution is -2.28. The van der Waals surface area contributed by atoms with E-state index in [1.807, 2.05) is 17.6 Å². The van der Waals surface area contributed by atoms with Crippen LogP contribution in [0.15, 0.2) is 65.7 Å². The first-order valence-corrected chi connectivity index (χ1v) is 5.45. The van der Waals surface area contributed by atoms with Crippen LogP contribution in [0.25, 0.3) is 0 Å². The molecule has 2 aromatic rings. The Morgan fingerprint density at radius 2 is 1.50 bits per heavy atom. The molecule has 4 heteroatoms. The second-order valence-corrected chi connectivity index (χ2v) is 3.60. The van der Waals surface area contributed by atoms with E-state index >= 15 is 0 Å². The Morgan fingerprint density at radius 1 is 0.944 bits per heavy atom. The molecule has 0 unspecified atom stereocenters. The number of rotatable bonds is 3. The van der Waals surface area contributed by atoms with Gasteiger partial charge < -0.3 is 0 Å². The van der Waals surface area contributed by atoms with Gasteiger partial charge in [0.15, 0.2) is 5.84 Å². The van der Waals surface area contributed by atoms with Crippen LogP contribution in [0, 0.1) is 0 Å². The van der Waals surface area contributed by atoms with Crippen LogP contribution < -0.4 is 5.48 Å². The first-order chi connectivity index (χ1) is 8.81. The van der Waals surface area contributed by atoms with Crippen LogP contribution in [0.4, 0.5) is 5.69 Å². The molecular formula is C14H12N2O2. The summed E-state index contributed by atoms with van der Waals surface area (Å²) in [4.78, 5) is 16.1. The fourth-order valence-corrected chi connectivity index (χ4v) is 1.48. The normalized spacial score (nSPS) is 11.1. The second-order valence-electron chi connectivity index (χ2n) is 3.60. The lowest BCUT2D eigenvalue weighted by Gasteiger charge is -2.03. The third-order valence-electron chi connectivity index (χ3n) is 2.35. The van der Waals surface area contributed by atoms with E-state index in [9.17, 15) is 4.79 Å². The van der Waals surface area contributed by atoms with E-state index in [0.29, 0.717) is 11.3 Å². The number of ketones is 1. The van der Waals surface area contributed by atoms with Gasteiger partial charge >= 0.3 is 0 Å². The fourth-order valence-electron chi connectivity index (χ4n) is 1.48. The van der Waals surface area contributed by atoms with Gasteiger partial charge in [-0.3, -0.25) is 10.0 Å². The second kappa shape index (κ2) is 5.75. The van der Waals surface area contributed by atoms with Gasteiger partial charge in [-0.1, -0.05) is 48.5 Å². The van der Waals surface area contributed by atoms with Gasteiger partial charge in [-0.25, -0.2) is 10.5 Å². The van der Waals surface area contributed by atoms with Crippen molar-refractivity contribution in [2.45, 2.75) is 0 Å². The average Bonchev–Trinajstić information content (AvgIpc) is 2.46. The molecule has 90 valence electrons. The zero-order valence-electron chi connectivity index (χ0n) is 9.58. The molecule has 0 fully saturated rings. The Hall–Kier alpha value is -2.46. The molecule has 0 saturated heterocycles. The Labute approximate surface area is 105 Å². The molecule has 0 aliphatic carbocycles. The summed E-state index contributed by atoms with van der Waals surface area (Å²) < 4.78 is 0. The lowest BCUT2D eigenvalue weighted by atomic mass is 10.1. The fraction of sp³-hybridized carbons (Fsp3) is 0. The first kappa shape index (κ1) is 12.0. The summed E-state index contributed by atoms with van der Waals surface area (Å²) in [5.74, 6) is -0.464. The molecule has 0 aliphatic rings. The highest BCUT2D eigenvalue weighted by molar-refractivity contribution is 6.45.